The molecule has 0 spiro atoms. The van der Waals surface area contributed by atoms with Gasteiger partial charge in [0, 0.05) is 18.7 Å². The van der Waals surface area contributed by atoms with E-state index in [0.29, 0.717) is 25.9 Å². The molecule has 1 aromatic carbocycles. The number of hydrogen-bond donors (Lipinski definition) is 1. The molecule has 0 bridgehead atoms. The lowest BCUT2D eigenvalue weighted by atomic mass is 9.83. The lowest BCUT2D eigenvalue weighted by Crippen LogP contribution is -2.63. The second kappa shape index (κ2) is 8.70. The van der Waals surface area contributed by atoms with E-state index in [9.17, 15) is 18.4 Å². The van der Waals surface area contributed by atoms with Crippen molar-refractivity contribution in [1.29, 1.82) is 0 Å². The molecular weight excluding hydrogens is 406 g/mol. The largest absolute Gasteiger partial charge is 0.368 e. The number of carbonyl (C=O) groups is 2. The first kappa shape index (κ1) is 21.4. The van der Waals surface area contributed by atoms with Crippen molar-refractivity contribution in [3.63, 3.8) is 0 Å². The fraction of sp³-hybridized carbons (Fsp3) is 0.524. The first-order valence-electron chi connectivity index (χ1n) is 10.6. The number of halogens is 2. The smallest absolute Gasteiger partial charge is 0.276 e. The number of likely N-dealkylation sites (tertiary alicyclic amines) is 2. The summed E-state index contributed by atoms with van der Waals surface area (Å²) in [7, 11) is 0. The number of amides is 2. The zero-order chi connectivity index (χ0) is 22.0. The number of nitrogens with zero attached hydrogens (tertiary/aromatic N) is 5. The molecule has 2 saturated heterocycles. The van der Waals surface area contributed by atoms with Crippen LogP contribution in [0.1, 0.15) is 48.2 Å². The fourth-order valence-corrected chi connectivity index (χ4v) is 4.60. The Labute approximate surface area is 179 Å². The van der Waals surface area contributed by atoms with E-state index in [1.807, 2.05) is 0 Å². The molecule has 2 N–H and O–H groups in total. The van der Waals surface area contributed by atoms with Gasteiger partial charge in [-0.05, 0) is 50.9 Å². The minimum Gasteiger partial charge on any atom is -0.368 e. The normalized spacial score (nSPS) is 19.4. The van der Waals surface area contributed by atoms with Crippen molar-refractivity contribution in [3.8, 4) is 0 Å². The first-order chi connectivity index (χ1) is 14.9. The van der Waals surface area contributed by atoms with Gasteiger partial charge in [0.1, 0.15) is 17.2 Å². The van der Waals surface area contributed by atoms with Gasteiger partial charge in [-0.15, -0.1) is 5.10 Å². The Morgan fingerprint density at radius 3 is 2.29 bits per heavy atom. The Morgan fingerprint density at radius 2 is 1.68 bits per heavy atom. The molecule has 0 unspecified atom stereocenters. The summed E-state index contributed by atoms with van der Waals surface area (Å²) in [6.07, 6.45) is 5.58. The summed E-state index contributed by atoms with van der Waals surface area (Å²) in [5.41, 5.74) is 5.04. The minimum atomic E-state index is -0.711. The van der Waals surface area contributed by atoms with Crippen LogP contribution in [0.2, 0.25) is 0 Å². The summed E-state index contributed by atoms with van der Waals surface area (Å²) >= 11 is 0. The second-order valence-electron chi connectivity index (χ2n) is 8.24. The van der Waals surface area contributed by atoms with Crippen LogP contribution in [-0.2, 0) is 11.3 Å². The van der Waals surface area contributed by atoms with Crippen molar-refractivity contribution in [1.82, 2.24) is 24.8 Å². The van der Waals surface area contributed by atoms with Crippen molar-refractivity contribution in [2.75, 3.05) is 26.2 Å². The molecule has 166 valence electrons. The Balaban J connectivity index is 1.42. The maximum absolute atomic E-state index is 13.9. The molecule has 2 aromatic rings. The van der Waals surface area contributed by atoms with E-state index in [1.54, 1.807) is 4.90 Å². The topological polar surface area (TPSA) is 97.4 Å². The van der Waals surface area contributed by atoms with Gasteiger partial charge in [-0.1, -0.05) is 17.7 Å². The molecule has 10 heteroatoms. The SMILES string of the molecule is NC(=O)C1(N2CCCCC2)CCN(C(=O)c2cn(Cc3c(F)cccc3F)nn2)CC1. The van der Waals surface area contributed by atoms with Crippen molar-refractivity contribution in [3.05, 3.63) is 47.3 Å². The average molecular weight is 432 g/mol. The number of benzene rings is 1. The van der Waals surface area contributed by atoms with Crippen LogP contribution in [0.5, 0.6) is 0 Å². The maximum atomic E-state index is 13.9. The van der Waals surface area contributed by atoms with Gasteiger partial charge in [0.15, 0.2) is 5.69 Å². The molecule has 2 aliphatic rings. The number of rotatable bonds is 5. The van der Waals surface area contributed by atoms with Crippen LogP contribution >= 0.6 is 0 Å². The Kier molecular flexibility index (Phi) is 5.99. The third-order valence-corrected chi connectivity index (χ3v) is 6.44. The summed E-state index contributed by atoms with van der Waals surface area (Å²) in [6, 6.07) is 3.63. The summed E-state index contributed by atoms with van der Waals surface area (Å²) in [5, 5.41) is 7.73. The molecule has 0 atom stereocenters. The molecule has 2 amide bonds. The molecule has 3 heterocycles. The van der Waals surface area contributed by atoms with Crippen LogP contribution in [0.3, 0.4) is 0 Å². The first-order valence-corrected chi connectivity index (χ1v) is 10.6. The summed E-state index contributed by atoms with van der Waals surface area (Å²) in [4.78, 5) is 29.0. The lowest BCUT2D eigenvalue weighted by Gasteiger charge is -2.48. The van der Waals surface area contributed by atoms with Gasteiger partial charge >= 0.3 is 0 Å². The highest BCUT2D eigenvalue weighted by Crippen LogP contribution is 2.32. The minimum absolute atomic E-state index is 0.0984. The molecule has 0 aliphatic carbocycles. The fourth-order valence-electron chi connectivity index (χ4n) is 4.60. The van der Waals surface area contributed by atoms with Crippen molar-refractivity contribution in [2.45, 2.75) is 44.2 Å². The Hall–Kier alpha value is -2.88. The predicted molar refractivity (Wildman–Crippen MR) is 108 cm³/mol. The van der Waals surface area contributed by atoms with Gasteiger partial charge in [0.25, 0.3) is 5.91 Å². The molecule has 0 saturated carbocycles. The Bertz CT molecular complexity index is 944. The third kappa shape index (κ3) is 4.16. The summed E-state index contributed by atoms with van der Waals surface area (Å²) < 4.78 is 29.0. The number of nitrogens with two attached hydrogens (primary N) is 1. The number of primary amides is 1. The highest BCUT2D eigenvalue weighted by molar-refractivity contribution is 5.92. The van der Waals surface area contributed by atoms with Gasteiger partial charge < -0.3 is 10.6 Å². The molecule has 31 heavy (non-hydrogen) atoms. The van der Waals surface area contributed by atoms with Crippen LogP contribution in [0.25, 0.3) is 0 Å². The van der Waals surface area contributed by atoms with Crippen LogP contribution in [-0.4, -0.2) is 68.3 Å². The van der Waals surface area contributed by atoms with Gasteiger partial charge in [-0.3, -0.25) is 14.5 Å². The number of aromatic nitrogens is 3. The molecule has 8 nitrogen and oxygen atoms in total. The Morgan fingerprint density at radius 1 is 1.03 bits per heavy atom. The van der Waals surface area contributed by atoms with Crippen LogP contribution < -0.4 is 5.73 Å². The van der Waals surface area contributed by atoms with E-state index in [-0.39, 0.29) is 29.6 Å². The summed E-state index contributed by atoms with van der Waals surface area (Å²) in [5.74, 6) is -2.02. The molecular formula is C21H26F2N6O2. The van der Waals surface area contributed by atoms with E-state index in [1.165, 1.54) is 29.1 Å². The molecule has 2 aliphatic heterocycles. The molecule has 1 aromatic heterocycles. The molecule has 0 radical (unpaired) electrons. The molecule has 2 fully saturated rings. The third-order valence-electron chi connectivity index (χ3n) is 6.44. The van der Waals surface area contributed by atoms with Crippen molar-refractivity contribution in [2.24, 2.45) is 5.73 Å². The van der Waals surface area contributed by atoms with E-state index < -0.39 is 17.2 Å². The van der Waals surface area contributed by atoms with Crippen molar-refractivity contribution < 1.29 is 18.4 Å². The van der Waals surface area contributed by atoms with E-state index in [0.717, 1.165) is 32.4 Å². The number of hydrogen-bond acceptors (Lipinski definition) is 5. The zero-order valence-corrected chi connectivity index (χ0v) is 17.3. The van der Waals surface area contributed by atoms with E-state index in [4.69, 9.17) is 5.73 Å². The van der Waals surface area contributed by atoms with Crippen molar-refractivity contribution >= 4 is 11.8 Å². The van der Waals surface area contributed by atoms with Gasteiger partial charge in [0.05, 0.1) is 12.7 Å². The lowest BCUT2D eigenvalue weighted by molar-refractivity contribution is -0.134. The van der Waals surface area contributed by atoms with Crippen LogP contribution in [0, 0.1) is 11.6 Å². The summed E-state index contributed by atoms with van der Waals surface area (Å²) in [6.45, 7) is 2.29. The number of piperidine rings is 2. The van der Waals surface area contributed by atoms with Crippen LogP contribution in [0.15, 0.2) is 24.4 Å². The standard InChI is InChI=1S/C21H26F2N6O2/c22-16-5-4-6-17(23)15(16)13-29-14-18(25-26-29)19(30)27-11-7-21(8-12-27,20(24)31)28-9-2-1-3-10-28/h4-6,14H,1-3,7-13H2,(H2,24,31). The van der Waals surface area contributed by atoms with Gasteiger partial charge in [-0.25, -0.2) is 13.5 Å². The average Bonchev–Trinajstić information content (AvgIpc) is 3.25. The maximum Gasteiger partial charge on any atom is 0.276 e. The van der Waals surface area contributed by atoms with Gasteiger partial charge in [0.2, 0.25) is 5.91 Å². The van der Waals surface area contributed by atoms with E-state index >= 15 is 0 Å². The highest BCUT2D eigenvalue weighted by atomic mass is 19.1. The molecule has 4 rings (SSSR count). The van der Waals surface area contributed by atoms with Gasteiger partial charge in [-0.2, -0.15) is 0 Å². The predicted octanol–water partition coefficient (Wildman–Crippen LogP) is 1.55. The zero-order valence-electron chi connectivity index (χ0n) is 17.3. The second-order valence-corrected chi connectivity index (χ2v) is 8.24. The van der Waals surface area contributed by atoms with Crippen LogP contribution in [0.4, 0.5) is 8.78 Å². The number of carbonyl (C=O) groups excluding carboxylic acids is 2. The quantitative estimate of drug-likeness (QED) is 0.773. The monoisotopic (exact) mass is 432 g/mol. The highest BCUT2D eigenvalue weighted by Gasteiger charge is 2.46. The van der Waals surface area contributed by atoms with E-state index in [2.05, 4.69) is 15.2 Å².